The van der Waals surface area contributed by atoms with Crippen LogP contribution in [0.4, 0.5) is 4.39 Å². The Morgan fingerprint density at radius 3 is 2.84 bits per heavy atom. The van der Waals surface area contributed by atoms with E-state index in [1.54, 1.807) is 0 Å². The van der Waals surface area contributed by atoms with Crippen molar-refractivity contribution < 1.29 is 12.8 Å². The molecule has 4 nitrogen and oxygen atoms in total. The van der Waals surface area contributed by atoms with E-state index in [0.717, 1.165) is 17.5 Å². The Hall–Kier alpha value is -0.540. The lowest BCUT2D eigenvalue weighted by Crippen LogP contribution is -2.22. The number of sulfonamides is 1. The number of hydrogen-bond donors (Lipinski definition) is 1. The van der Waals surface area contributed by atoms with Crippen molar-refractivity contribution >= 4 is 48.9 Å². The monoisotopic (exact) mass is 384 g/mol. The fraction of sp³-hybridized carbons (Fsp3) is 0.100. The van der Waals surface area contributed by atoms with Crippen LogP contribution in [0, 0.1) is 5.82 Å². The second kappa shape index (κ2) is 5.84. The standard InChI is InChI=1S/C10H7BrClFN2O2S2/c11-7-1-2-8(13)6(3-7)4-15-19(16,17)9-5-14-10(12)18-9/h1-3,5,15H,4H2. The molecule has 0 radical (unpaired) electrons. The molecule has 0 atom stereocenters. The Bertz CT molecular complexity index is 705. The van der Waals surface area contributed by atoms with Gasteiger partial charge in [0.25, 0.3) is 10.0 Å². The minimum absolute atomic E-state index is 0.00657. The van der Waals surface area contributed by atoms with Gasteiger partial charge in [-0.3, -0.25) is 0 Å². The first kappa shape index (κ1) is 14.9. The first-order valence-electron chi connectivity index (χ1n) is 4.93. The third-order valence-corrected chi connectivity index (χ3v) is 5.65. The zero-order valence-corrected chi connectivity index (χ0v) is 13.2. The molecule has 0 bridgehead atoms. The Balaban J connectivity index is 2.16. The summed E-state index contributed by atoms with van der Waals surface area (Å²) in [7, 11) is -3.73. The molecule has 0 fully saturated rings. The third-order valence-electron chi connectivity index (χ3n) is 2.18. The average Bonchev–Trinajstić information content (AvgIpc) is 2.78. The summed E-state index contributed by atoms with van der Waals surface area (Å²) in [5.41, 5.74) is 0.244. The van der Waals surface area contributed by atoms with Gasteiger partial charge in [0, 0.05) is 16.6 Å². The molecule has 0 aliphatic rings. The van der Waals surface area contributed by atoms with E-state index in [0.29, 0.717) is 4.47 Å². The van der Waals surface area contributed by atoms with Crippen molar-refractivity contribution in [3.63, 3.8) is 0 Å². The van der Waals surface area contributed by atoms with Crippen LogP contribution in [0.25, 0.3) is 0 Å². The highest BCUT2D eigenvalue weighted by atomic mass is 79.9. The van der Waals surface area contributed by atoms with Crippen molar-refractivity contribution in [2.24, 2.45) is 0 Å². The van der Waals surface area contributed by atoms with E-state index in [4.69, 9.17) is 11.6 Å². The topological polar surface area (TPSA) is 59.1 Å². The van der Waals surface area contributed by atoms with Gasteiger partial charge in [0.1, 0.15) is 5.82 Å². The second-order valence-electron chi connectivity index (χ2n) is 3.49. The van der Waals surface area contributed by atoms with Crippen LogP contribution in [0.15, 0.2) is 33.1 Å². The minimum Gasteiger partial charge on any atom is -0.232 e. The molecular weight excluding hydrogens is 379 g/mol. The number of thiazole rings is 1. The van der Waals surface area contributed by atoms with Gasteiger partial charge in [-0.25, -0.2) is 22.5 Å². The molecule has 0 aliphatic carbocycles. The lowest BCUT2D eigenvalue weighted by molar-refractivity contribution is 0.576. The Labute approximate surface area is 126 Å². The summed E-state index contributed by atoms with van der Waals surface area (Å²) in [6.45, 7) is -0.150. The predicted octanol–water partition coefficient (Wildman–Crippen LogP) is 3.18. The number of aromatic nitrogens is 1. The zero-order valence-electron chi connectivity index (χ0n) is 9.23. The molecule has 1 aromatic carbocycles. The lowest BCUT2D eigenvalue weighted by atomic mass is 10.2. The van der Waals surface area contributed by atoms with E-state index in [1.165, 1.54) is 18.2 Å². The van der Waals surface area contributed by atoms with E-state index >= 15 is 0 Å². The van der Waals surface area contributed by atoms with Gasteiger partial charge in [-0.15, -0.1) is 0 Å². The summed E-state index contributed by atoms with van der Waals surface area (Å²) in [6.07, 6.45) is 1.16. The summed E-state index contributed by atoms with van der Waals surface area (Å²) >= 11 is 9.61. The number of rotatable bonds is 4. The smallest absolute Gasteiger partial charge is 0.232 e. The van der Waals surface area contributed by atoms with E-state index < -0.39 is 15.8 Å². The van der Waals surface area contributed by atoms with E-state index in [9.17, 15) is 12.8 Å². The molecule has 1 N–H and O–H groups in total. The highest BCUT2D eigenvalue weighted by Gasteiger charge is 2.18. The normalized spacial score (nSPS) is 11.7. The number of hydrogen-bond acceptors (Lipinski definition) is 4. The molecule has 102 valence electrons. The highest BCUT2D eigenvalue weighted by Crippen LogP contribution is 2.22. The quantitative estimate of drug-likeness (QED) is 0.879. The first-order chi connectivity index (χ1) is 8.88. The van der Waals surface area contributed by atoms with E-state index in [-0.39, 0.29) is 20.8 Å². The van der Waals surface area contributed by atoms with Crippen molar-refractivity contribution in [2.75, 3.05) is 0 Å². The van der Waals surface area contributed by atoms with Crippen LogP contribution in [0.3, 0.4) is 0 Å². The zero-order chi connectivity index (χ0) is 14.0. The molecule has 9 heteroatoms. The summed E-state index contributed by atoms with van der Waals surface area (Å²) in [6, 6.07) is 4.31. The van der Waals surface area contributed by atoms with Gasteiger partial charge in [-0.1, -0.05) is 38.9 Å². The molecule has 2 rings (SSSR count). The molecule has 2 aromatic rings. The maximum absolute atomic E-state index is 13.5. The largest absolute Gasteiger partial charge is 0.252 e. The molecule has 1 heterocycles. The molecule has 19 heavy (non-hydrogen) atoms. The number of halogens is 3. The summed E-state index contributed by atoms with van der Waals surface area (Å²) < 4.78 is 40.3. The van der Waals surface area contributed by atoms with Gasteiger partial charge >= 0.3 is 0 Å². The Morgan fingerprint density at radius 2 is 2.21 bits per heavy atom. The lowest BCUT2D eigenvalue weighted by Gasteiger charge is -2.06. The molecule has 0 saturated heterocycles. The fourth-order valence-electron chi connectivity index (χ4n) is 1.29. The molecular formula is C10H7BrClFN2O2S2. The van der Waals surface area contributed by atoms with Gasteiger partial charge in [-0.05, 0) is 18.2 Å². The van der Waals surface area contributed by atoms with Crippen molar-refractivity contribution in [1.29, 1.82) is 0 Å². The van der Waals surface area contributed by atoms with Crippen molar-refractivity contribution in [3.8, 4) is 0 Å². The summed E-state index contributed by atoms with van der Waals surface area (Å²) in [5, 5.41) is 0. The summed E-state index contributed by atoms with van der Waals surface area (Å²) in [5.74, 6) is -0.478. The second-order valence-corrected chi connectivity index (χ2v) is 8.01. The highest BCUT2D eigenvalue weighted by molar-refractivity contribution is 9.10. The Morgan fingerprint density at radius 1 is 1.47 bits per heavy atom. The van der Waals surface area contributed by atoms with Crippen LogP contribution in [-0.4, -0.2) is 13.4 Å². The van der Waals surface area contributed by atoms with Crippen LogP contribution in [-0.2, 0) is 16.6 Å². The Kier molecular flexibility index (Phi) is 4.57. The van der Waals surface area contributed by atoms with Crippen molar-refractivity contribution in [3.05, 3.63) is 44.7 Å². The number of nitrogens with one attached hydrogen (secondary N) is 1. The average molecular weight is 386 g/mol. The number of nitrogens with zero attached hydrogens (tertiary/aromatic N) is 1. The van der Waals surface area contributed by atoms with Crippen molar-refractivity contribution in [1.82, 2.24) is 9.71 Å². The first-order valence-corrected chi connectivity index (χ1v) is 8.40. The van der Waals surface area contributed by atoms with Gasteiger partial charge in [-0.2, -0.15) is 0 Å². The number of benzene rings is 1. The van der Waals surface area contributed by atoms with Crippen LogP contribution >= 0.6 is 38.9 Å². The van der Waals surface area contributed by atoms with Gasteiger partial charge in [0.2, 0.25) is 0 Å². The fourth-order valence-corrected chi connectivity index (χ4v) is 4.04. The van der Waals surface area contributed by atoms with Crippen LogP contribution in [0.5, 0.6) is 0 Å². The molecule has 0 unspecified atom stereocenters. The molecule has 1 aromatic heterocycles. The predicted molar refractivity (Wildman–Crippen MR) is 75.2 cm³/mol. The molecule has 0 aliphatic heterocycles. The molecule has 0 saturated carbocycles. The maximum atomic E-state index is 13.5. The van der Waals surface area contributed by atoms with Gasteiger partial charge in [0.15, 0.2) is 8.68 Å². The molecule has 0 amide bonds. The van der Waals surface area contributed by atoms with Crippen LogP contribution in [0.1, 0.15) is 5.56 Å². The summed E-state index contributed by atoms with van der Waals surface area (Å²) in [4.78, 5) is 3.65. The van der Waals surface area contributed by atoms with E-state index in [1.807, 2.05) is 0 Å². The van der Waals surface area contributed by atoms with Crippen LogP contribution < -0.4 is 4.72 Å². The van der Waals surface area contributed by atoms with Gasteiger partial charge in [0.05, 0.1) is 6.20 Å². The van der Waals surface area contributed by atoms with Crippen molar-refractivity contribution in [2.45, 2.75) is 10.8 Å². The van der Waals surface area contributed by atoms with Crippen LogP contribution in [0.2, 0.25) is 4.47 Å². The van der Waals surface area contributed by atoms with Gasteiger partial charge < -0.3 is 0 Å². The third kappa shape index (κ3) is 3.73. The molecule has 0 spiro atoms. The van der Waals surface area contributed by atoms with E-state index in [2.05, 4.69) is 25.6 Å². The SMILES string of the molecule is O=S(=O)(NCc1cc(Br)ccc1F)c1cnc(Cl)s1. The minimum atomic E-state index is -3.73. The maximum Gasteiger partial charge on any atom is 0.252 e.